The van der Waals surface area contributed by atoms with Crippen molar-refractivity contribution < 1.29 is 9.21 Å². The number of aromatic nitrogens is 3. The minimum atomic E-state index is -0.618. The van der Waals surface area contributed by atoms with Gasteiger partial charge in [-0.2, -0.15) is 0 Å². The molecule has 1 N–H and O–H groups in total. The van der Waals surface area contributed by atoms with Crippen LogP contribution in [0.25, 0.3) is 16.6 Å². The van der Waals surface area contributed by atoms with E-state index in [1.165, 1.54) is 0 Å². The van der Waals surface area contributed by atoms with Crippen molar-refractivity contribution in [2.45, 2.75) is 19.8 Å². The summed E-state index contributed by atoms with van der Waals surface area (Å²) in [6.45, 7) is 2.18. The molecule has 136 valence electrons. The molecule has 7 heteroatoms. The number of carbonyl (C=O) groups excluding carboxylic acids is 1. The molecule has 0 unspecified atom stereocenters. The molecule has 27 heavy (non-hydrogen) atoms. The third kappa shape index (κ3) is 3.19. The van der Waals surface area contributed by atoms with Crippen LogP contribution in [0.2, 0.25) is 0 Å². The molecule has 0 atom stereocenters. The minimum Gasteiger partial charge on any atom is -0.422 e. The molecular formula is C20H18N4O3. The van der Waals surface area contributed by atoms with Crippen LogP contribution in [-0.4, -0.2) is 27.0 Å². The maximum absolute atomic E-state index is 12.5. The number of hydrogen-bond donors (Lipinski definition) is 1. The second-order valence-electron chi connectivity index (χ2n) is 6.29. The Hall–Kier alpha value is -3.48. The fourth-order valence-electron chi connectivity index (χ4n) is 3.17. The van der Waals surface area contributed by atoms with E-state index in [1.807, 2.05) is 40.9 Å². The van der Waals surface area contributed by atoms with Crippen LogP contribution in [-0.2, 0) is 6.42 Å². The molecule has 4 aromatic rings. The molecule has 0 saturated carbocycles. The molecule has 0 radical (unpaired) electrons. The van der Waals surface area contributed by atoms with E-state index in [2.05, 4.69) is 15.5 Å². The Labute approximate surface area is 154 Å². The average molecular weight is 362 g/mol. The number of rotatable bonds is 5. The summed E-state index contributed by atoms with van der Waals surface area (Å²) in [5, 5.41) is 11.8. The van der Waals surface area contributed by atoms with Crippen LogP contribution in [0.15, 0.2) is 57.9 Å². The van der Waals surface area contributed by atoms with E-state index >= 15 is 0 Å². The summed E-state index contributed by atoms with van der Waals surface area (Å²) in [4.78, 5) is 24.7. The number of nitrogens with zero attached hydrogens (tertiary/aromatic N) is 3. The Kier molecular flexibility index (Phi) is 4.42. The number of para-hydroxylation sites is 1. The van der Waals surface area contributed by atoms with Crippen LogP contribution in [0, 0.1) is 6.92 Å². The van der Waals surface area contributed by atoms with E-state index in [0.29, 0.717) is 30.5 Å². The normalized spacial score (nSPS) is 11.1. The van der Waals surface area contributed by atoms with Crippen molar-refractivity contribution in [2.75, 3.05) is 6.54 Å². The van der Waals surface area contributed by atoms with Crippen molar-refractivity contribution >= 4 is 22.5 Å². The van der Waals surface area contributed by atoms with Crippen molar-refractivity contribution in [3.05, 3.63) is 76.0 Å². The lowest BCUT2D eigenvalue weighted by Crippen LogP contribution is -2.30. The second-order valence-corrected chi connectivity index (χ2v) is 6.29. The number of nitrogens with one attached hydrogen (secondary N) is 1. The molecule has 0 aliphatic heterocycles. The smallest absolute Gasteiger partial charge is 0.349 e. The van der Waals surface area contributed by atoms with Crippen LogP contribution in [0.1, 0.15) is 28.2 Å². The predicted molar refractivity (Wildman–Crippen MR) is 101 cm³/mol. The summed E-state index contributed by atoms with van der Waals surface area (Å²) in [6.07, 6.45) is 3.25. The van der Waals surface area contributed by atoms with Crippen molar-refractivity contribution in [3.8, 4) is 0 Å². The second kappa shape index (κ2) is 7.03. The third-order valence-corrected chi connectivity index (χ3v) is 4.55. The highest BCUT2D eigenvalue weighted by molar-refractivity contribution is 5.99. The number of amides is 1. The zero-order valence-electron chi connectivity index (χ0n) is 14.8. The number of pyridine rings is 1. The Bertz CT molecular complexity index is 1190. The van der Waals surface area contributed by atoms with Gasteiger partial charge in [-0.3, -0.25) is 9.20 Å². The van der Waals surface area contributed by atoms with Crippen LogP contribution in [0.4, 0.5) is 0 Å². The fourth-order valence-corrected chi connectivity index (χ4v) is 3.17. The van der Waals surface area contributed by atoms with Crippen LogP contribution < -0.4 is 10.9 Å². The highest BCUT2D eigenvalue weighted by Gasteiger charge is 2.18. The number of benzene rings is 1. The van der Waals surface area contributed by atoms with Gasteiger partial charge >= 0.3 is 5.63 Å². The van der Waals surface area contributed by atoms with Crippen molar-refractivity contribution in [3.63, 3.8) is 0 Å². The van der Waals surface area contributed by atoms with Crippen LogP contribution in [0.3, 0.4) is 0 Å². The SMILES string of the molecule is Cc1c(C(=O)NCCCc2nnc3ccccn23)c(=O)oc2ccccc12. The molecule has 0 aliphatic rings. The Morgan fingerprint density at radius 2 is 1.96 bits per heavy atom. The molecule has 0 fully saturated rings. The molecule has 4 rings (SSSR count). The molecule has 7 nitrogen and oxygen atoms in total. The van der Waals surface area contributed by atoms with E-state index in [1.54, 1.807) is 19.1 Å². The number of aryl methyl sites for hydroxylation is 2. The van der Waals surface area contributed by atoms with Crippen LogP contribution >= 0.6 is 0 Å². The van der Waals surface area contributed by atoms with E-state index in [0.717, 1.165) is 16.9 Å². The van der Waals surface area contributed by atoms with Gasteiger partial charge in [0.25, 0.3) is 5.91 Å². The number of carbonyl (C=O) groups is 1. The lowest BCUT2D eigenvalue weighted by atomic mass is 10.1. The quantitative estimate of drug-likeness (QED) is 0.435. The Morgan fingerprint density at radius 1 is 1.15 bits per heavy atom. The van der Waals surface area contributed by atoms with Gasteiger partial charge in [-0.1, -0.05) is 24.3 Å². The van der Waals surface area contributed by atoms with E-state index in [-0.39, 0.29) is 5.56 Å². The highest BCUT2D eigenvalue weighted by Crippen LogP contribution is 2.18. The topological polar surface area (TPSA) is 89.5 Å². The number of fused-ring (bicyclic) bond motifs is 2. The number of hydrogen-bond acceptors (Lipinski definition) is 5. The lowest BCUT2D eigenvalue weighted by Gasteiger charge is -2.08. The van der Waals surface area contributed by atoms with E-state index < -0.39 is 11.5 Å². The molecule has 0 saturated heterocycles. The van der Waals surface area contributed by atoms with Gasteiger partial charge in [0.05, 0.1) is 0 Å². The van der Waals surface area contributed by atoms with Gasteiger partial charge in [-0.05, 0) is 37.1 Å². The van der Waals surface area contributed by atoms with Gasteiger partial charge in [-0.25, -0.2) is 4.79 Å². The summed E-state index contributed by atoms with van der Waals surface area (Å²) in [5.74, 6) is 0.416. The molecule has 3 aromatic heterocycles. The standard InChI is InChI=1S/C20H18N4O3/c1-13-14-7-2-3-8-15(14)27-20(26)18(13)19(25)21-11-6-10-17-23-22-16-9-4-5-12-24(16)17/h2-5,7-9,12H,6,10-11H2,1H3,(H,21,25). The molecule has 0 bridgehead atoms. The molecule has 0 spiro atoms. The summed E-state index contributed by atoms with van der Waals surface area (Å²) >= 11 is 0. The molecule has 0 aliphatic carbocycles. The van der Waals surface area contributed by atoms with E-state index in [9.17, 15) is 9.59 Å². The first-order valence-electron chi connectivity index (χ1n) is 8.74. The maximum atomic E-state index is 12.5. The van der Waals surface area contributed by atoms with Crippen molar-refractivity contribution in [1.29, 1.82) is 0 Å². The maximum Gasteiger partial charge on any atom is 0.349 e. The van der Waals surface area contributed by atoms with Gasteiger partial charge in [0.15, 0.2) is 5.65 Å². The van der Waals surface area contributed by atoms with Crippen LogP contribution in [0.5, 0.6) is 0 Å². The van der Waals surface area contributed by atoms with Gasteiger partial charge in [0.1, 0.15) is 17.0 Å². The summed E-state index contributed by atoms with van der Waals surface area (Å²) < 4.78 is 7.19. The predicted octanol–water partition coefficient (Wildman–Crippen LogP) is 2.51. The Morgan fingerprint density at radius 3 is 2.85 bits per heavy atom. The first kappa shape index (κ1) is 17.0. The largest absolute Gasteiger partial charge is 0.422 e. The molecule has 1 amide bonds. The molecule has 3 heterocycles. The van der Waals surface area contributed by atoms with Gasteiger partial charge in [-0.15, -0.1) is 10.2 Å². The first-order valence-corrected chi connectivity index (χ1v) is 8.74. The monoisotopic (exact) mass is 362 g/mol. The van der Waals surface area contributed by atoms with Crippen molar-refractivity contribution in [1.82, 2.24) is 19.9 Å². The minimum absolute atomic E-state index is 0.0571. The third-order valence-electron chi connectivity index (χ3n) is 4.55. The molecule has 1 aromatic carbocycles. The summed E-state index contributed by atoms with van der Waals surface area (Å²) in [7, 11) is 0. The van der Waals surface area contributed by atoms with Gasteiger partial charge in [0.2, 0.25) is 0 Å². The zero-order valence-corrected chi connectivity index (χ0v) is 14.8. The van der Waals surface area contributed by atoms with Crippen molar-refractivity contribution in [2.24, 2.45) is 0 Å². The van der Waals surface area contributed by atoms with Gasteiger partial charge < -0.3 is 9.73 Å². The first-order chi connectivity index (χ1) is 13.1. The lowest BCUT2D eigenvalue weighted by molar-refractivity contribution is 0.0949. The summed E-state index contributed by atoms with van der Waals surface area (Å²) in [6, 6.07) is 12.9. The average Bonchev–Trinajstić information content (AvgIpc) is 3.08. The zero-order chi connectivity index (χ0) is 18.8. The Balaban J connectivity index is 1.44. The van der Waals surface area contributed by atoms with Gasteiger partial charge in [0, 0.05) is 24.5 Å². The van der Waals surface area contributed by atoms with E-state index in [4.69, 9.17) is 4.42 Å². The molecular weight excluding hydrogens is 344 g/mol. The summed E-state index contributed by atoms with van der Waals surface area (Å²) in [5.41, 5.74) is 1.34. The fraction of sp³-hybridized carbons (Fsp3) is 0.200. The highest BCUT2D eigenvalue weighted by atomic mass is 16.4.